The summed E-state index contributed by atoms with van der Waals surface area (Å²) in [6.07, 6.45) is 7.45. The van der Waals surface area contributed by atoms with Crippen LogP contribution in [-0.2, 0) is 4.79 Å². The van der Waals surface area contributed by atoms with Crippen molar-refractivity contribution in [3.63, 3.8) is 0 Å². The average Bonchev–Trinajstić information content (AvgIpc) is 2.66. The lowest BCUT2D eigenvalue weighted by Gasteiger charge is -1.97. The van der Waals surface area contributed by atoms with Crippen molar-refractivity contribution < 1.29 is 14.3 Å². The third-order valence-corrected chi connectivity index (χ3v) is 4.48. The number of thiophene rings is 1. The molecule has 0 saturated heterocycles. The monoisotopic (exact) mass is 320 g/mol. The highest BCUT2D eigenvalue weighted by atomic mass is 32.1. The number of allylic oxidation sites excluding steroid dienone is 6. The smallest absolute Gasteiger partial charge is 0.328 e. The molecule has 0 aliphatic carbocycles. The standard InChI is InChI=1S/C18H21FO2S/c1-11(10-18(20)21)6-9-17(19)12(2)7-8-16-13(3)14(4)22-15(16)5/h6-10H,1-5H3,(H,20,21)/b8-7+,9-6+,11-10+,17-12-. The number of carboxylic acids is 1. The zero-order chi connectivity index (χ0) is 16.9. The fraction of sp³-hybridized carbons (Fsp3) is 0.278. The molecule has 22 heavy (non-hydrogen) atoms. The van der Waals surface area contributed by atoms with E-state index in [1.807, 2.05) is 6.08 Å². The van der Waals surface area contributed by atoms with Gasteiger partial charge in [0.25, 0.3) is 0 Å². The van der Waals surface area contributed by atoms with E-state index in [1.165, 1.54) is 27.5 Å². The number of aliphatic carboxylic acids is 1. The molecule has 0 amide bonds. The second-order valence-corrected chi connectivity index (χ2v) is 6.61. The predicted octanol–water partition coefficient (Wildman–Crippen LogP) is 5.52. The Morgan fingerprint density at radius 2 is 1.73 bits per heavy atom. The van der Waals surface area contributed by atoms with Gasteiger partial charge in [0.2, 0.25) is 0 Å². The number of rotatable bonds is 5. The summed E-state index contributed by atoms with van der Waals surface area (Å²) in [6.45, 7) is 9.50. The Labute approximate surface area is 135 Å². The Morgan fingerprint density at radius 3 is 2.23 bits per heavy atom. The molecule has 1 aromatic heterocycles. The lowest BCUT2D eigenvalue weighted by Crippen LogP contribution is -1.88. The highest BCUT2D eigenvalue weighted by Crippen LogP contribution is 2.28. The predicted molar refractivity (Wildman–Crippen MR) is 91.9 cm³/mol. The minimum absolute atomic E-state index is 0.378. The molecular formula is C18H21FO2S. The molecule has 1 rings (SSSR count). The summed E-state index contributed by atoms with van der Waals surface area (Å²) in [4.78, 5) is 13.0. The van der Waals surface area contributed by atoms with E-state index >= 15 is 0 Å². The summed E-state index contributed by atoms with van der Waals surface area (Å²) in [5, 5.41) is 8.60. The Kier molecular flexibility index (Phi) is 6.50. The van der Waals surface area contributed by atoms with Crippen molar-refractivity contribution in [2.24, 2.45) is 0 Å². The van der Waals surface area contributed by atoms with Gasteiger partial charge in [0.1, 0.15) is 5.83 Å². The van der Waals surface area contributed by atoms with Crippen molar-refractivity contribution in [1.82, 2.24) is 0 Å². The van der Waals surface area contributed by atoms with Crippen molar-refractivity contribution >= 4 is 23.4 Å². The number of hydrogen-bond donors (Lipinski definition) is 1. The minimum Gasteiger partial charge on any atom is -0.478 e. The van der Waals surface area contributed by atoms with Gasteiger partial charge in [0.05, 0.1) is 0 Å². The third kappa shape index (κ3) is 5.11. The number of carboxylic acid groups (broad SMARTS) is 1. The molecule has 0 unspecified atom stereocenters. The molecule has 0 bridgehead atoms. The van der Waals surface area contributed by atoms with E-state index in [4.69, 9.17) is 5.11 Å². The summed E-state index contributed by atoms with van der Waals surface area (Å²) >= 11 is 1.74. The summed E-state index contributed by atoms with van der Waals surface area (Å²) in [7, 11) is 0. The Hall–Kier alpha value is -1.94. The fourth-order valence-corrected chi connectivity index (χ4v) is 2.98. The van der Waals surface area contributed by atoms with Gasteiger partial charge in [-0.25, -0.2) is 9.18 Å². The SMILES string of the molecule is CC(/C=C/c1c(C)sc(C)c1C)=C(F)\C=C\C(C)=C\C(=O)O. The average molecular weight is 320 g/mol. The minimum atomic E-state index is -1.04. The van der Waals surface area contributed by atoms with Crippen LogP contribution in [0.25, 0.3) is 6.08 Å². The Morgan fingerprint density at radius 1 is 1.09 bits per heavy atom. The quantitative estimate of drug-likeness (QED) is 0.573. The molecule has 118 valence electrons. The van der Waals surface area contributed by atoms with Gasteiger partial charge in [-0.15, -0.1) is 11.3 Å². The number of hydrogen-bond acceptors (Lipinski definition) is 2. The second-order valence-electron chi connectivity index (χ2n) is 5.18. The molecule has 0 spiro atoms. The van der Waals surface area contributed by atoms with Crippen LogP contribution < -0.4 is 0 Å². The largest absolute Gasteiger partial charge is 0.478 e. The number of halogens is 1. The van der Waals surface area contributed by atoms with Crippen LogP contribution in [0.1, 0.15) is 34.7 Å². The molecule has 0 saturated carbocycles. The Bertz CT molecular complexity index is 688. The fourth-order valence-electron chi connectivity index (χ4n) is 1.92. The lowest BCUT2D eigenvalue weighted by molar-refractivity contribution is -0.131. The first-order chi connectivity index (χ1) is 10.2. The van der Waals surface area contributed by atoms with E-state index in [9.17, 15) is 9.18 Å². The normalized spacial score (nSPS) is 14.0. The van der Waals surface area contributed by atoms with E-state index in [-0.39, 0.29) is 5.83 Å². The zero-order valence-corrected chi connectivity index (χ0v) is 14.3. The summed E-state index contributed by atoms with van der Waals surface area (Å²) in [6, 6.07) is 0. The summed E-state index contributed by atoms with van der Waals surface area (Å²) in [5.41, 5.74) is 3.35. The first-order valence-electron chi connectivity index (χ1n) is 6.92. The van der Waals surface area contributed by atoms with E-state index in [1.54, 1.807) is 31.3 Å². The maximum Gasteiger partial charge on any atom is 0.328 e. The van der Waals surface area contributed by atoms with Crippen LogP contribution in [-0.4, -0.2) is 11.1 Å². The molecule has 0 aliphatic heterocycles. The zero-order valence-electron chi connectivity index (χ0n) is 13.5. The molecule has 0 aromatic carbocycles. The second kappa shape index (κ2) is 7.90. The van der Waals surface area contributed by atoms with Gasteiger partial charge < -0.3 is 5.11 Å². The van der Waals surface area contributed by atoms with Crippen LogP contribution in [0, 0.1) is 20.8 Å². The van der Waals surface area contributed by atoms with Crippen LogP contribution in [0.4, 0.5) is 4.39 Å². The van der Waals surface area contributed by atoms with Gasteiger partial charge in [0, 0.05) is 15.8 Å². The van der Waals surface area contributed by atoms with Gasteiger partial charge in [0.15, 0.2) is 0 Å². The van der Waals surface area contributed by atoms with Crippen molar-refractivity contribution in [2.75, 3.05) is 0 Å². The molecule has 0 fully saturated rings. The topological polar surface area (TPSA) is 37.3 Å². The van der Waals surface area contributed by atoms with Crippen LogP contribution in [0.15, 0.2) is 41.3 Å². The van der Waals surface area contributed by atoms with Gasteiger partial charge in [-0.2, -0.15) is 0 Å². The van der Waals surface area contributed by atoms with E-state index < -0.39 is 5.97 Å². The molecule has 1 heterocycles. The van der Waals surface area contributed by atoms with Crippen molar-refractivity contribution in [3.8, 4) is 0 Å². The molecule has 1 N–H and O–H groups in total. The first kappa shape index (κ1) is 18.1. The van der Waals surface area contributed by atoms with Crippen molar-refractivity contribution in [3.05, 3.63) is 62.2 Å². The molecule has 2 nitrogen and oxygen atoms in total. The maximum absolute atomic E-state index is 14.0. The first-order valence-corrected chi connectivity index (χ1v) is 7.74. The highest BCUT2D eigenvalue weighted by Gasteiger charge is 2.06. The van der Waals surface area contributed by atoms with Crippen LogP contribution in [0.3, 0.4) is 0 Å². The molecular weight excluding hydrogens is 299 g/mol. The molecule has 1 aromatic rings. The van der Waals surface area contributed by atoms with E-state index in [0.717, 1.165) is 11.6 Å². The highest BCUT2D eigenvalue weighted by molar-refractivity contribution is 7.12. The van der Waals surface area contributed by atoms with Gasteiger partial charge in [-0.1, -0.05) is 18.2 Å². The van der Waals surface area contributed by atoms with Crippen molar-refractivity contribution in [2.45, 2.75) is 34.6 Å². The van der Waals surface area contributed by atoms with Gasteiger partial charge in [-0.3, -0.25) is 0 Å². The maximum atomic E-state index is 14.0. The number of aryl methyl sites for hydroxylation is 2. The molecule has 0 radical (unpaired) electrons. The van der Waals surface area contributed by atoms with Crippen LogP contribution in [0.5, 0.6) is 0 Å². The molecule has 0 aliphatic rings. The van der Waals surface area contributed by atoms with Crippen LogP contribution >= 0.6 is 11.3 Å². The Balaban J connectivity index is 2.94. The van der Waals surface area contributed by atoms with E-state index in [0.29, 0.717) is 11.1 Å². The number of carbonyl (C=O) groups is 1. The van der Waals surface area contributed by atoms with Gasteiger partial charge >= 0.3 is 5.97 Å². The van der Waals surface area contributed by atoms with Crippen LogP contribution in [0.2, 0.25) is 0 Å². The van der Waals surface area contributed by atoms with Gasteiger partial charge in [-0.05, 0) is 63.0 Å². The summed E-state index contributed by atoms with van der Waals surface area (Å²) in [5.74, 6) is -1.42. The van der Waals surface area contributed by atoms with E-state index in [2.05, 4.69) is 20.8 Å². The summed E-state index contributed by atoms with van der Waals surface area (Å²) < 4.78 is 14.0. The lowest BCUT2D eigenvalue weighted by atomic mass is 10.1. The molecule has 4 heteroatoms. The molecule has 0 atom stereocenters. The third-order valence-electron chi connectivity index (χ3n) is 3.34. The van der Waals surface area contributed by atoms with Crippen molar-refractivity contribution in [1.29, 1.82) is 0 Å².